The van der Waals surface area contributed by atoms with Crippen LogP contribution in [0.15, 0.2) is 60.7 Å². The summed E-state index contributed by atoms with van der Waals surface area (Å²) in [6, 6.07) is 18.8. The summed E-state index contributed by atoms with van der Waals surface area (Å²) in [6.45, 7) is 7.07. The Labute approximate surface area is 154 Å². The van der Waals surface area contributed by atoms with Gasteiger partial charge in [0.05, 0.1) is 31.0 Å². The summed E-state index contributed by atoms with van der Waals surface area (Å²) in [5, 5.41) is 3.06. The van der Waals surface area contributed by atoms with E-state index in [1.807, 2.05) is 60.7 Å². The number of carbonyl (C=O) groups is 2. The van der Waals surface area contributed by atoms with Crippen molar-refractivity contribution in [3.8, 4) is 0 Å². The van der Waals surface area contributed by atoms with Crippen molar-refractivity contribution in [2.45, 2.75) is 20.3 Å². The maximum Gasteiger partial charge on any atom is 0.259 e. The smallest absolute Gasteiger partial charge is 0.259 e. The Morgan fingerprint density at radius 1 is 0.769 bits per heavy atom. The first-order chi connectivity index (χ1) is 12.7. The number of nitrogens with zero attached hydrogens (tertiary/aromatic N) is 2. The summed E-state index contributed by atoms with van der Waals surface area (Å²) >= 11 is 0. The van der Waals surface area contributed by atoms with E-state index in [4.69, 9.17) is 0 Å². The fourth-order valence-corrected chi connectivity index (χ4v) is 3.42. The number of hydrogen-bond donors (Lipinski definition) is 1. The van der Waals surface area contributed by atoms with E-state index in [-0.39, 0.29) is 11.8 Å². The van der Waals surface area contributed by atoms with Crippen LogP contribution in [0.2, 0.25) is 0 Å². The Hall–Kier alpha value is -2.66. The molecule has 2 amide bonds. The molecule has 5 heteroatoms. The molecule has 0 aromatic heterocycles. The van der Waals surface area contributed by atoms with Gasteiger partial charge in [-0.15, -0.1) is 0 Å². The third-order valence-electron chi connectivity index (χ3n) is 5.00. The molecule has 136 valence electrons. The zero-order valence-corrected chi connectivity index (χ0v) is 15.4. The number of amides is 2. The van der Waals surface area contributed by atoms with Gasteiger partial charge >= 0.3 is 0 Å². The lowest BCUT2D eigenvalue weighted by atomic mass is 10.0. The molecule has 1 N–H and O–H groups in total. The maximum absolute atomic E-state index is 13.1. The highest BCUT2D eigenvalue weighted by atomic mass is 16.2. The number of nitrogens with one attached hydrogen (secondary N) is 1. The topological polar surface area (TPSA) is 45.1 Å². The molecule has 3 rings (SSSR count). The second-order valence-corrected chi connectivity index (χ2v) is 6.52. The standard InChI is InChI=1S/C21H25N3O2/c1-3-22(4-2)16-15-19-20(25)23(17-11-7-5-8-12-17)24(21(19)26)18-13-9-6-10-14-18/h5-14,19H,3-4,15-16H2,1-2H3/p+1. The van der Waals surface area contributed by atoms with Gasteiger partial charge in [0.1, 0.15) is 5.92 Å². The van der Waals surface area contributed by atoms with E-state index < -0.39 is 5.92 Å². The van der Waals surface area contributed by atoms with E-state index in [1.165, 1.54) is 14.9 Å². The SMILES string of the molecule is CC[NH+](CC)CCC1C(=O)N(c2ccccc2)N(c2ccccc2)C1=O. The zero-order valence-electron chi connectivity index (χ0n) is 15.4. The van der Waals surface area contributed by atoms with E-state index >= 15 is 0 Å². The highest BCUT2D eigenvalue weighted by molar-refractivity contribution is 6.22. The first-order valence-corrected chi connectivity index (χ1v) is 9.28. The van der Waals surface area contributed by atoms with E-state index in [0.29, 0.717) is 17.8 Å². The molecule has 1 aliphatic heterocycles. The van der Waals surface area contributed by atoms with Crippen LogP contribution in [0.5, 0.6) is 0 Å². The van der Waals surface area contributed by atoms with Gasteiger partial charge in [0.2, 0.25) is 0 Å². The number of rotatable bonds is 7. The van der Waals surface area contributed by atoms with Crippen LogP contribution in [0.1, 0.15) is 20.3 Å². The van der Waals surface area contributed by atoms with Gasteiger partial charge in [-0.25, -0.2) is 10.0 Å². The Morgan fingerprint density at radius 3 is 1.58 bits per heavy atom. The van der Waals surface area contributed by atoms with Gasteiger partial charge in [0.15, 0.2) is 0 Å². The van der Waals surface area contributed by atoms with Crippen molar-refractivity contribution in [2.24, 2.45) is 5.92 Å². The van der Waals surface area contributed by atoms with Gasteiger partial charge in [0, 0.05) is 6.42 Å². The number of carbonyl (C=O) groups excluding carboxylic acids is 2. The molecule has 0 bridgehead atoms. The van der Waals surface area contributed by atoms with Crippen molar-refractivity contribution >= 4 is 23.2 Å². The van der Waals surface area contributed by atoms with Crippen LogP contribution in [0, 0.1) is 5.92 Å². The molecule has 1 aliphatic rings. The molecule has 0 radical (unpaired) electrons. The largest absolute Gasteiger partial charge is 0.335 e. The van der Waals surface area contributed by atoms with Crippen LogP contribution in [-0.2, 0) is 9.59 Å². The molecule has 2 aromatic rings. The maximum atomic E-state index is 13.1. The van der Waals surface area contributed by atoms with Gasteiger partial charge in [-0.2, -0.15) is 0 Å². The summed E-state index contributed by atoms with van der Waals surface area (Å²) in [4.78, 5) is 27.7. The van der Waals surface area contributed by atoms with Crippen LogP contribution in [0.25, 0.3) is 0 Å². The minimum atomic E-state index is -0.622. The van der Waals surface area contributed by atoms with E-state index in [2.05, 4.69) is 13.8 Å². The molecule has 1 heterocycles. The van der Waals surface area contributed by atoms with Crippen molar-refractivity contribution in [2.75, 3.05) is 29.7 Å². The van der Waals surface area contributed by atoms with E-state index in [1.54, 1.807) is 0 Å². The van der Waals surface area contributed by atoms with Crippen molar-refractivity contribution < 1.29 is 14.5 Å². The summed E-state index contributed by atoms with van der Waals surface area (Å²) in [6.07, 6.45) is 0.571. The highest BCUT2D eigenvalue weighted by Crippen LogP contribution is 2.32. The average molecular weight is 352 g/mol. The third-order valence-corrected chi connectivity index (χ3v) is 5.00. The minimum Gasteiger partial charge on any atom is -0.335 e. The van der Waals surface area contributed by atoms with Crippen LogP contribution in [0.3, 0.4) is 0 Å². The van der Waals surface area contributed by atoms with E-state index in [9.17, 15) is 9.59 Å². The third kappa shape index (κ3) is 3.48. The number of hydrazine groups is 1. The summed E-state index contributed by atoms with van der Waals surface area (Å²) in [5.74, 6) is -0.906. The van der Waals surface area contributed by atoms with Crippen molar-refractivity contribution in [1.29, 1.82) is 0 Å². The van der Waals surface area contributed by atoms with Crippen molar-refractivity contribution in [3.05, 3.63) is 60.7 Å². The number of hydrogen-bond acceptors (Lipinski definition) is 2. The molecule has 0 aliphatic carbocycles. The van der Waals surface area contributed by atoms with Crippen molar-refractivity contribution in [3.63, 3.8) is 0 Å². The molecule has 0 saturated carbocycles. The lowest BCUT2D eigenvalue weighted by Crippen LogP contribution is -3.11. The Balaban J connectivity index is 1.93. The lowest BCUT2D eigenvalue weighted by Gasteiger charge is -2.27. The average Bonchev–Trinajstić information content (AvgIpc) is 2.94. The molecule has 0 unspecified atom stereocenters. The van der Waals surface area contributed by atoms with Gasteiger partial charge in [-0.05, 0) is 38.1 Å². The number of benzene rings is 2. The molecule has 1 fully saturated rings. The van der Waals surface area contributed by atoms with Gasteiger partial charge < -0.3 is 4.90 Å². The Bertz CT molecular complexity index is 687. The van der Waals surface area contributed by atoms with Crippen LogP contribution >= 0.6 is 0 Å². The molecule has 5 nitrogen and oxygen atoms in total. The van der Waals surface area contributed by atoms with Crippen LogP contribution < -0.4 is 14.9 Å². The normalized spacial score (nSPS) is 15.3. The van der Waals surface area contributed by atoms with E-state index in [0.717, 1.165) is 19.6 Å². The molecule has 0 spiro atoms. The highest BCUT2D eigenvalue weighted by Gasteiger charge is 2.47. The summed E-state index contributed by atoms with van der Waals surface area (Å²) in [7, 11) is 0. The second-order valence-electron chi connectivity index (χ2n) is 6.52. The molecule has 0 atom stereocenters. The fraction of sp³-hybridized carbons (Fsp3) is 0.333. The fourth-order valence-electron chi connectivity index (χ4n) is 3.42. The number of para-hydroxylation sites is 2. The van der Waals surface area contributed by atoms with Gasteiger partial charge in [-0.1, -0.05) is 36.4 Å². The number of anilines is 2. The second kappa shape index (κ2) is 8.15. The molecule has 1 saturated heterocycles. The quantitative estimate of drug-likeness (QED) is 0.774. The predicted molar refractivity (Wildman–Crippen MR) is 103 cm³/mol. The van der Waals surface area contributed by atoms with Gasteiger partial charge in [-0.3, -0.25) is 9.59 Å². The lowest BCUT2D eigenvalue weighted by molar-refractivity contribution is -0.896. The molecular formula is C21H26N3O2+. The zero-order chi connectivity index (χ0) is 18.5. The first-order valence-electron chi connectivity index (χ1n) is 9.28. The first kappa shape index (κ1) is 18.1. The minimum absolute atomic E-state index is 0.142. The predicted octanol–water partition coefficient (Wildman–Crippen LogP) is 1.91. The number of quaternary nitrogens is 1. The summed E-state index contributed by atoms with van der Waals surface area (Å²) < 4.78 is 0. The Kier molecular flexibility index (Phi) is 5.68. The van der Waals surface area contributed by atoms with Crippen LogP contribution in [-0.4, -0.2) is 31.4 Å². The van der Waals surface area contributed by atoms with Crippen LogP contribution in [0.4, 0.5) is 11.4 Å². The van der Waals surface area contributed by atoms with Crippen molar-refractivity contribution in [1.82, 2.24) is 0 Å². The Morgan fingerprint density at radius 2 is 1.19 bits per heavy atom. The summed E-state index contributed by atoms with van der Waals surface area (Å²) in [5.41, 5.74) is 1.43. The van der Waals surface area contributed by atoms with Gasteiger partial charge in [0.25, 0.3) is 11.8 Å². The molecule has 26 heavy (non-hydrogen) atoms. The monoisotopic (exact) mass is 352 g/mol. The molecular weight excluding hydrogens is 326 g/mol. The molecule has 2 aromatic carbocycles.